The molecule has 0 bridgehead atoms. The normalized spacial score (nSPS) is 14.1. The summed E-state index contributed by atoms with van der Waals surface area (Å²) in [6, 6.07) is 10.2. The van der Waals surface area contributed by atoms with Gasteiger partial charge in [0.1, 0.15) is 5.82 Å². The molecule has 1 aliphatic rings. The quantitative estimate of drug-likeness (QED) is 0.829. The summed E-state index contributed by atoms with van der Waals surface area (Å²) in [5.74, 6) is -0.352. The van der Waals surface area contributed by atoms with E-state index in [1.54, 1.807) is 12.1 Å². The summed E-state index contributed by atoms with van der Waals surface area (Å²) in [5, 5.41) is 2.83. The van der Waals surface area contributed by atoms with Gasteiger partial charge in [0.2, 0.25) is 5.91 Å². The summed E-state index contributed by atoms with van der Waals surface area (Å²) < 4.78 is 40.6. The van der Waals surface area contributed by atoms with E-state index in [-0.39, 0.29) is 18.1 Å². The topological polar surface area (TPSA) is 66.5 Å². The van der Waals surface area contributed by atoms with Crippen molar-refractivity contribution in [2.24, 2.45) is 5.92 Å². The Morgan fingerprint density at radius 3 is 2.59 bits per heavy atom. The molecule has 0 fully saturated rings. The van der Waals surface area contributed by atoms with Crippen LogP contribution in [0.4, 0.5) is 15.8 Å². The number of anilines is 2. The molecule has 1 heterocycles. The number of sulfonamides is 1. The number of halogens is 1. The molecular weight excluding hydrogens is 367 g/mol. The highest BCUT2D eigenvalue weighted by Crippen LogP contribution is 2.34. The Morgan fingerprint density at radius 1 is 1.22 bits per heavy atom. The Bertz CT molecular complexity index is 946. The molecule has 0 unspecified atom stereocenters. The van der Waals surface area contributed by atoms with E-state index in [1.165, 1.54) is 16.4 Å². The second kappa shape index (κ2) is 7.68. The molecule has 146 valence electrons. The van der Waals surface area contributed by atoms with Crippen molar-refractivity contribution in [2.75, 3.05) is 16.2 Å². The van der Waals surface area contributed by atoms with Crippen molar-refractivity contribution in [3.8, 4) is 0 Å². The molecule has 0 radical (unpaired) electrons. The van der Waals surface area contributed by atoms with Gasteiger partial charge in [0, 0.05) is 20.1 Å². The Hall–Kier alpha value is -2.41. The van der Waals surface area contributed by atoms with Crippen molar-refractivity contribution >= 4 is 27.3 Å². The minimum Gasteiger partial charge on any atom is -0.326 e. The molecule has 0 spiro atoms. The standard InChI is InChI=1S/C20H23FN2O3S.H2/c1-14(2)12-20(24)22-17-8-5-15-4-3-11-23(19(15)13-17)27(25,26)18-9-6-16(21)7-10-18;/h5-10,13-14H,3-4,11-12H2,1-2H3,(H,22,24);1H. The van der Waals surface area contributed by atoms with Crippen molar-refractivity contribution in [3.63, 3.8) is 0 Å². The monoisotopic (exact) mass is 392 g/mol. The van der Waals surface area contributed by atoms with Crippen LogP contribution in [0.25, 0.3) is 0 Å². The molecule has 27 heavy (non-hydrogen) atoms. The average molecular weight is 392 g/mol. The van der Waals surface area contributed by atoms with Gasteiger partial charge in [-0.25, -0.2) is 12.8 Å². The zero-order valence-electron chi connectivity index (χ0n) is 15.4. The van der Waals surface area contributed by atoms with Crippen molar-refractivity contribution < 1.29 is 19.0 Å². The van der Waals surface area contributed by atoms with Gasteiger partial charge < -0.3 is 5.32 Å². The van der Waals surface area contributed by atoms with Crippen LogP contribution in [0.5, 0.6) is 0 Å². The first-order valence-corrected chi connectivity index (χ1v) is 10.4. The molecule has 7 heteroatoms. The van der Waals surface area contributed by atoms with Crippen LogP contribution >= 0.6 is 0 Å². The fourth-order valence-corrected chi connectivity index (χ4v) is 4.72. The fraction of sp³-hybridized carbons (Fsp3) is 0.350. The van der Waals surface area contributed by atoms with Crippen molar-refractivity contribution in [1.29, 1.82) is 0 Å². The maximum Gasteiger partial charge on any atom is 0.264 e. The van der Waals surface area contributed by atoms with E-state index in [0.717, 1.165) is 24.1 Å². The first-order valence-electron chi connectivity index (χ1n) is 8.98. The maximum absolute atomic E-state index is 13.2. The third-order valence-electron chi connectivity index (χ3n) is 4.44. The van der Waals surface area contributed by atoms with Crippen LogP contribution in [-0.2, 0) is 21.2 Å². The molecular formula is C20H25FN2O3S. The predicted octanol–water partition coefficient (Wildman–Crippen LogP) is 4.20. The molecule has 1 N–H and O–H groups in total. The predicted molar refractivity (Wildman–Crippen MR) is 106 cm³/mol. The third-order valence-corrected chi connectivity index (χ3v) is 6.27. The zero-order chi connectivity index (χ0) is 19.6. The van der Waals surface area contributed by atoms with E-state index >= 15 is 0 Å². The van der Waals surface area contributed by atoms with E-state index in [9.17, 15) is 17.6 Å². The number of carbonyl (C=O) groups excluding carboxylic acids is 1. The lowest BCUT2D eigenvalue weighted by atomic mass is 10.0. The number of nitrogens with zero attached hydrogens (tertiary/aromatic N) is 1. The Balaban J connectivity index is 0.00000280. The number of benzene rings is 2. The third kappa shape index (κ3) is 4.30. The van der Waals surface area contributed by atoms with Crippen molar-refractivity contribution in [2.45, 2.75) is 38.0 Å². The molecule has 1 aliphatic heterocycles. The second-order valence-corrected chi connectivity index (χ2v) is 8.99. The highest BCUT2D eigenvalue weighted by molar-refractivity contribution is 7.92. The fourth-order valence-electron chi connectivity index (χ4n) is 3.19. The van der Waals surface area contributed by atoms with Gasteiger partial charge >= 0.3 is 0 Å². The smallest absolute Gasteiger partial charge is 0.264 e. The lowest BCUT2D eigenvalue weighted by molar-refractivity contribution is -0.116. The number of hydrogen-bond acceptors (Lipinski definition) is 3. The number of hydrogen-bond donors (Lipinski definition) is 1. The van der Waals surface area contributed by atoms with Gasteiger partial charge in [-0.05, 0) is 60.7 Å². The average Bonchev–Trinajstić information content (AvgIpc) is 2.60. The largest absolute Gasteiger partial charge is 0.326 e. The minimum atomic E-state index is -3.80. The summed E-state index contributed by atoms with van der Waals surface area (Å²) in [6.07, 6.45) is 1.87. The molecule has 1 amide bonds. The van der Waals surface area contributed by atoms with Gasteiger partial charge in [0.15, 0.2) is 0 Å². The Kier molecular flexibility index (Phi) is 5.51. The van der Waals surface area contributed by atoms with E-state index in [0.29, 0.717) is 30.8 Å². The number of fused-ring (bicyclic) bond motifs is 1. The second-order valence-electron chi connectivity index (χ2n) is 7.12. The van der Waals surface area contributed by atoms with E-state index in [1.807, 2.05) is 19.9 Å². The van der Waals surface area contributed by atoms with Crippen LogP contribution < -0.4 is 9.62 Å². The number of carbonyl (C=O) groups is 1. The van der Waals surface area contributed by atoms with Gasteiger partial charge in [0.25, 0.3) is 10.0 Å². The molecule has 3 rings (SSSR count). The number of rotatable bonds is 5. The summed E-state index contributed by atoms with van der Waals surface area (Å²) in [6.45, 7) is 4.27. The van der Waals surface area contributed by atoms with Crippen LogP contribution in [-0.4, -0.2) is 20.9 Å². The van der Waals surface area contributed by atoms with Gasteiger partial charge in [-0.2, -0.15) is 0 Å². The Labute approximate surface area is 160 Å². The van der Waals surface area contributed by atoms with Crippen LogP contribution in [0.15, 0.2) is 47.4 Å². The van der Waals surface area contributed by atoms with E-state index < -0.39 is 15.8 Å². The summed E-state index contributed by atoms with van der Waals surface area (Å²) in [4.78, 5) is 12.1. The zero-order valence-corrected chi connectivity index (χ0v) is 16.2. The van der Waals surface area contributed by atoms with Crippen LogP contribution in [0.1, 0.15) is 33.7 Å². The van der Waals surface area contributed by atoms with Gasteiger partial charge in [-0.15, -0.1) is 0 Å². The molecule has 0 aromatic heterocycles. The number of nitrogens with one attached hydrogen (secondary N) is 1. The van der Waals surface area contributed by atoms with E-state index in [2.05, 4.69) is 5.32 Å². The Morgan fingerprint density at radius 2 is 1.93 bits per heavy atom. The van der Waals surface area contributed by atoms with Gasteiger partial charge in [0.05, 0.1) is 10.6 Å². The summed E-state index contributed by atoms with van der Waals surface area (Å²) in [7, 11) is -3.80. The first-order chi connectivity index (χ1) is 12.8. The first kappa shape index (κ1) is 19.4. The lowest BCUT2D eigenvalue weighted by Gasteiger charge is -2.31. The maximum atomic E-state index is 13.2. The highest BCUT2D eigenvalue weighted by Gasteiger charge is 2.29. The van der Waals surface area contributed by atoms with Crippen LogP contribution in [0, 0.1) is 11.7 Å². The van der Waals surface area contributed by atoms with Crippen molar-refractivity contribution in [3.05, 3.63) is 53.8 Å². The van der Waals surface area contributed by atoms with Crippen LogP contribution in [0.3, 0.4) is 0 Å². The molecule has 0 saturated heterocycles. The lowest BCUT2D eigenvalue weighted by Crippen LogP contribution is -2.35. The molecule has 0 atom stereocenters. The molecule has 0 aliphatic carbocycles. The number of amides is 1. The molecule has 2 aromatic carbocycles. The molecule has 5 nitrogen and oxygen atoms in total. The van der Waals surface area contributed by atoms with Gasteiger partial charge in [-0.1, -0.05) is 19.9 Å². The molecule has 0 saturated carbocycles. The summed E-state index contributed by atoms with van der Waals surface area (Å²) in [5.41, 5.74) is 2.04. The number of aryl methyl sites for hydroxylation is 1. The SMILES string of the molecule is CC(C)CC(=O)Nc1ccc2c(c1)N(S(=O)(=O)c1ccc(F)cc1)CCC2.[HH]. The van der Waals surface area contributed by atoms with Crippen molar-refractivity contribution in [1.82, 2.24) is 0 Å². The minimum absolute atomic E-state index is 0. The molecule has 2 aromatic rings. The highest BCUT2D eigenvalue weighted by atomic mass is 32.2. The van der Waals surface area contributed by atoms with Gasteiger partial charge in [-0.3, -0.25) is 9.10 Å². The summed E-state index contributed by atoms with van der Waals surface area (Å²) >= 11 is 0. The van der Waals surface area contributed by atoms with E-state index in [4.69, 9.17) is 0 Å². The van der Waals surface area contributed by atoms with Crippen LogP contribution in [0.2, 0.25) is 0 Å².